The van der Waals surface area contributed by atoms with Gasteiger partial charge in [0.2, 0.25) is 0 Å². The van der Waals surface area contributed by atoms with Gasteiger partial charge in [-0.15, -0.1) is 0 Å². The van der Waals surface area contributed by atoms with Gasteiger partial charge in [-0.05, 0) is 19.3 Å². The number of ether oxygens (including phenoxy) is 1. The lowest BCUT2D eigenvalue weighted by Gasteiger charge is -2.16. The molecule has 1 fully saturated rings. The fourth-order valence-corrected chi connectivity index (χ4v) is 1.67. The maximum Gasteiger partial charge on any atom is 0.261 e. The molecule has 0 aromatic heterocycles. The molecule has 0 unspecified atom stereocenters. The molecule has 1 aliphatic carbocycles. The second kappa shape index (κ2) is 6.27. The summed E-state index contributed by atoms with van der Waals surface area (Å²) < 4.78 is 28.0. The zero-order valence-corrected chi connectivity index (χ0v) is 8.09. The number of hydrogen-bond acceptors (Lipinski definition) is 3. The molecule has 0 radical (unpaired) electrons. The lowest BCUT2D eigenvalue weighted by atomic mass is 10.2. The first kappa shape index (κ1) is 11.8. The van der Waals surface area contributed by atoms with E-state index in [1.54, 1.807) is 0 Å². The van der Waals surface area contributed by atoms with Crippen LogP contribution in [0.4, 0.5) is 8.78 Å². The molecule has 5 heteroatoms. The summed E-state index contributed by atoms with van der Waals surface area (Å²) in [7, 11) is 0. The smallest absolute Gasteiger partial charge is 0.261 e. The van der Waals surface area contributed by atoms with Crippen LogP contribution in [0.2, 0.25) is 0 Å². The predicted octanol–water partition coefficient (Wildman–Crippen LogP) is 0.771. The van der Waals surface area contributed by atoms with Gasteiger partial charge in [-0.2, -0.15) is 0 Å². The summed E-state index contributed by atoms with van der Waals surface area (Å²) in [6.07, 6.45) is 0.125. The third-order valence-corrected chi connectivity index (χ3v) is 2.38. The number of nitrogens with one attached hydrogen (secondary N) is 1. The van der Waals surface area contributed by atoms with E-state index >= 15 is 0 Å². The molecule has 3 nitrogen and oxygen atoms in total. The second-order valence-corrected chi connectivity index (χ2v) is 3.52. The molecule has 0 saturated heterocycles. The number of halogens is 2. The first-order valence-corrected chi connectivity index (χ1v) is 4.97. The summed E-state index contributed by atoms with van der Waals surface area (Å²) in [5.74, 6) is 0. The summed E-state index contributed by atoms with van der Waals surface area (Å²) in [6, 6.07) is 0.116. The summed E-state index contributed by atoms with van der Waals surface area (Å²) in [5.41, 5.74) is 0. The summed E-state index contributed by atoms with van der Waals surface area (Å²) >= 11 is 0. The lowest BCUT2D eigenvalue weighted by Crippen LogP contribution is -2.37. The van der Waals surface area contributed by atoms with Gasteiger partial charge < -0.3 is 15.2 Å². The van der Waals surface area contributed by atoms with Crippen molar-refractivity contribution in [3.8, 4) is 0 Å². The minimum absolute atomic E-state index is 0.116. The molecule has 0 amide bonds. The standard InChI is InChI=1S/C9H17F2NO2/c10-9(11)6-14-5-4-12-7-2-1-3-8(7)13/h7-9,12-13H,1-6H2/t7-,8-/m0/s1. The highest BCUT2D eigenvalue weighted by molar-refractivity contribution is 4.82. The van der Waals surface area contributed by atoms with Crippen molar-refractivity contribution < 1.29 is 18.6 Å². The van der Waals surface area contributed by atoms with Crippen LogP contribution in [0, 0.1) is 0 Å². The van der Waals surface area contributed by atoms with Crippen molar-refractivity contribution in [3.05, 3.63) is 0 Å². The van der Waals surface area contributed by atoms with E-state index in [1.165, 1.54) is 0 Å². The van der Waals surface area contributed by atoms with Gasteiger partial charge in [0.05, 0.1) is 12.7 Å². The first-order valence-electron chi connectivity index (χ1n) is 4.97. The minimum atomic E-state index is -2.40. The van der Waals surface area contributed by atoms with Crippen LogP contribution in [0.3, 0.4) is 0 Å². The second-order valence-electron chi connectivity index (χ2n) is 3.52. The molecule has 2 atom stereocenters. The summed E-state index contributed by atoms with van der Waals surface area (Å²) in [4.78, 5) is 0. The fourth-order valence-electron chi connectivity index (χ4n) is 1.67. The zero-order chi connectivity index (χ0) is 10.4. The van der Waals surface area contributed by atoms with Crippen LogP contribution < -0.4 is 5.32 Å². The van der Waals surface area contributed by atoms with Crippen LogP contribution in [-0.4, -0.2) is 43.4 Å². The van der Waals surface area contributed by atoms with Crippen LogP contribution >= 0.6 is 0 Å². The van der Waals surface area contributed by atoms with Gasteiger partial charge in [0, 0.05) is 12.6 Å². The summed E-state index contributed by atoms with van der Waals surface area (Å²) in [5, 5.41) is 12.5. The third kappa shape index (κ3) is 4.30. The Bertz CT molecular complexity index is 158. The molecule has 0 spiro atoms. The summed E-state index contributed by atoms with van der Waals surface area (Å²) in [6.45, 7) is 0.289. The molecule has 0 aliphatic heterocycles. The molecule has 1 aliphatic rings. The molecule has 0 aromatic rings. The van der Waals surface area contributed by atoms with Gasteiger partial charge in [-0.25, -0.2) is 8.78 Å². The molecule has 1 rings (SSSR count). The maximum absolute atomic E-state index is 11.6. The van der Waals surface area contributed by atoms with E-state index in [1.807, 2.05) is 0 Å². The Balaban J connectivity index is 1.93. The number of aliphatic hydroxyl groups is 1. The zero-order valence-electron chi connectivity index (χ0n) is 8.09. The maximum atomic E-state index is 11.6. The molecule has 0 aromatic carbocycles. The first-order chi connectivity index (χ1) is 6.70. The Hall–Kier alpha value is -0.260. The van der Waals surface area contributed by atoms with E-state index in [0.29, 0.717) is 6.54 Å². The Labute approximate surface area is 82.4 Å². The van der Waals surface area contributed by atoms with E-state index in [-0.39, 0.29) is 18.8 Å². The Morgan fingerprint density at radius 3 is 2.79 bits per heavy atom. The van der Waals surface area contributed by atoms with Gasteiger partial charge >= 0.3 is 0 Å². The molecule has 2 N–H and O–H groups in total. The number of rotatable bonds is 6. The fraction of sp³-hybridized carbons (Fsp3) is 1.00. The highest BCUT2D eigenvalue weighted by atomic mass is 19.3. The largest absolute Gasteiger partial charge is 0.392 e. The van der Waals surface area contributed by atoms with Crippen LogP contribution in [-0.2, 0) is 4.74 Å². The molecule has 0 heterocycles. The monoisotopic (exact) mass is 209 g/mol. The van der Waals surface area contributed by atoms with E-state index in [9.17, 15) is 13.9 Å². The molecule has 0 bridgehead atoms. The highest BCUT2D eigenvalue weighted by Gasteiger charge is 2.23. The predicted molar refractivity (Wildman–Crippen MR) is 48.5 cm³/mol. The number of alkyl halides is 2. The van der Waals surface area contributed by atoms with E-state index in [2.05, 4.69) is 5.32 Å². The molecular weight excluding hydrogens is 192 g/mol. The lowest BCUT2D eigenvalue weighted by molar-refractivity contribution is 0.0171. The molecular formula is C9H17F2NO2. The highest BCUT2D eigenvalue weighted by Crippen LogP contribution is 2.18. The van der Waals surface area contributed by atoms with Crippen molar-refractivity contribution in [1.82, 2.24) is 5.32 Å². The number of hydrogen-bond donors (Lipinski definition) is 2. The van der Waals surface area contributed by atoms with Crippen molar-refractivity contribution in [2.24, 2.45) is 0 Å². The molecule has 1 saturated carbocycles. The van der Waals surface area contributed by atoms with Gasteiger partial charge in [0.1, 0.15) is 6.61 Å². The van der Waals surface area contributed by atoms with Crippen molar-refractivity contribution >= 4 is 0 Å². The van der Waals surface area contributed by atoms with E-state index < -0.39 is 13.0 Å². The SMILES string of the molecule is O[C@H]1CCC[C@@H]1NCCOCC(F)F. The van der Waals surface area contributed by atoms with Gasteiger partial charge in [-0.3, -0.25) is 0 Å². The Kier molecular flexibility index (Phi) is 5.29. The van der Waals surface area contributed by atoms with Gasteiger partial charge in [0.25, 0.3) is 6.43 Å². The van der Waals surface area contributed by atoms with Crippen LogP contribution in [0.5, 0.6) is 0 Å². The van der Waals surface area contributed by atoms with Crippen molar-refractivity contribution in [2.45, 2.75) is 37.8 Å². The van der Waals surface area contributed by atoms with Crippen molar-refractivity contribution in [2.75, 3.05) is 19.8 Å². The number of aliphatic hydroxyl groups excluding tert-OH is 1. The third-order valence-electron chi connectivity index (χ3n) is 2.38. The van der Waals surface area contributed by atoms with Gasteiger partial charge in [-0.1, -0.05) is 0 Å². The van der Waals surface area contributed by atoms with Crippen molar-refractivity contribution in [1.29, 1.82) is 0 Å². The topological polar surface area (TPSA) is 41.5 Å². The van der Waals surface area contributed by atoms with E-state index in [4.69, 9.17) is 4.74 Å². The normalized spacial score (nSPS) is 27.4. The van der Waals surface area contributed by atoms with Crippen LogP contribution in [0.15, 0.2) is 0 Å². The quantitative estimate of drug-likeness (QED) is 0.635. The van der Waals surface area contributed by atoms with Crippen LogP contribution in [0.25, 0.3) is 0 Å². The molecule has 14 heavy (non-hydrogen) atoms. The Morgan fingerprint density at radius 1 is 1.43 bits per heavy atom. The average Bonchev–Trinajstić information content (AvgIpc) is 2.51. The molecule has 84 valence electrons. The average molecular weight is 209 g/mol. The van der Waals surface area contributed by atoms with E-state index in [0.717, 1.165) is 19.3 Å². The Morgan fingerprint density at radius 2 is 2.21 bits per heavy atom. The van der Waals surface area contributed by atoms with Crippen LogP contribution in [0.1, 0.15) is 19.3 Å². The van der Waals surface area contributed by atoms with Gasteiger partial charge in [0.15, 0.2) is 0 Å². The minimum Gasteiger partial charge on any atom is -0.392 e. The van der Waals surface area contributed by atoms with Crippen molar-refractivity contribution in [3.63, 3.8) is 0 Å².